The topological polar surface area (TPSA) is 86.1 Å². The molecule has 0 aliphatic carbocycles. The normalized spacial score (nSPS) is 11.6. The Balaban J connectivity index is 1.52. The van der Waals surface area contributed by atoms with Crippen LogP contribution in [0.25, 0.3) is 5.69 Å². The Bertz CT molecular complexity index is 1280. The fraction of sp³-hybridized carbons (Fsp3) is 0.154. The summed E-state index contributed by atoms with van der Waals surface area (Å²) in [5.41, 5.74) is 2.00. The number of anilines is 1. The molecular weight excluding hydrogens is 448 g/mol. The van der Waals surface area contributed by atoms with E-state index in [1.165, 1.54) is 18.7 Å². The van der Waals surface area contributed by atoms with Crippen molar-refractivity contribution >= 4 is 29.1 Å². The van der Waals surface area contributed by atoms with E-state index in [9.17, 15) is 9.59 Å². The van der Waals surface area contributed by atoms with Crippen LogP contribution in [0.1, 0.15) is 30.0 Å². The van der Waals surface area contributed by atoms with Crippen LogP contribution in [0, 0.1) is 0 Å². The number of hydrogen-bond acceptors (Lipinski definition) is 6. The molecular formula is C26H24N4O3S. The smallest absolute Gasteiger partial charge is 0.237 e. The van der Waals surface area contributed by atoms with Gasteiger partial charge in [0.15, 0.2) is 16.8 Å². The summed E-state index contributed by atoms with van der Waals surface area (Å²) in [4.78, 5) is 24.5. The molecule has 0 fully saturated rings. The van der Waals surface area contributed by atoms with Crippen molar-refractivity contribution in [3.05, 3.63) is 96.3 Å². The molecule has 0 bridgehead atoms. The van der Waals surface area contributed by atoms with Gasteiger partial charge in [-0.3, -0.25) is 14.2 Å². The molecule has 1 heterocycles. The van der Waals surface area contributed by atoms with Gasteiger partial charge in [-0.25, -0.2) is 0 Å². The van der Waals surface area contributed by atoms with Crippen molar-refractivity contribution in [1.82, 2.24) is 14.8 Å². The van der Waals surface area contributed by atoms with Gasteiger partial charge in [0.25, 0.3) is 0 Å². The van der Waals surface area contributed by atoms with E-state index in [1.54, 1.807) is 31.2 Å². The van der Waals surface area contributed by atoms with Crippen molar-refractivity contribution in [2.45, 2.75) is 30.9 Å². The number of para-hydroxylation sites is 2. The number of Topliss-reactive ketones (excluding diaryl/α,β-unsaturated/α-hetero) is 1. The lowest BCUT2D eigenvalue weighted by molar-refractivity contribution is -0.115. The van der Waals surface area contributed by atoms with Crippen LogP contribution in [0.3, 0.4) is 0 Å². The fourth-order valence-electron chi connectivity index (χ4n) is 3.24. The van der Waals surface area contributed by atoms with E-state index < -0.39 is 5.25 Å². The lowest BCUT2D eigenvalue weighted by atomic mass is 10.1. The molecule has 172 valence electrons. The van der Waals surface area contributed by atoms with Crippen LogP contribution >= 0.6 is 11.8 Å². The first-order valence-electron chi connectivity index (χ1n) is 10.8. The Morgan fingerprint density at radius 3 is 2.38 bits per heavy atom. The zero-order valence-corrected chi connectivity index (χ0v) is 19.7. The molecule has 0 spiro atoms. The molecule has 3 aromatic carbocycles. The minimum Gasteiger partial charge on any atom is -0.486 e. The average Bonchev–Trinajstić information content (AvgIpc) is 3.26. The second-order valence-corrected chi connectivity index (χ2v) is 8.87. The van der Waals surface area contributed by atoms with Crippen LogP contribution in [0.2, 0.25) is 0 Å². The fourth-order valence-corrected chi connectivity index (χ4v) is 4.13. The number of rotatable bonds is 9. The molecule has 34 heavy (non-hydrogen) atoms. The van der Waals surface area contributed by atoms with Crippen LogP contribution in [-0.2, 0) is 11.4 Å². The second kappa shape index (κ2) is 10.8. The van der Waals surface area contributed by atoms with E-state index in [2.05, 4.69) is 15.5 Å². The first-order valence-corrected chi connectivity index (χ1v) is 11.7. The monoisotopic (exact) mass is 472 g/mol. The number of amides is 1. The Hall–Kier alpha value is -3.91. The number of hydrogen-bond donors (Lipinski definition) is 1. The van der Waals surface area contributed by atoms with E-state index in [-0.39, 0.29) is 18.3 Å². The Morgan fingerprint density at radius 2 is 1.68 bits per heavy atom. The molecule has 7 nitrogen and oxygen atoms in total. The number of aromatic nitrogens is 3. The molecule has 0 aliphatic heterocycles. The van der Waals surface area contributed by atoms with Gasteiger partial charge in [-0.1, -0.05) is 60.3 Å². The molecule has 8 heteroatoms. The van der Waals surface area contributed by atoms with Crippen molar-refractivity contribution in [3.63, 3.8) is 0 Å². The highest BCUT2D eigenvalue weighted by Crippen LogP contribution is 2.27. The van der Waals surface area contributed by atoms with Crippen LogP contribution in [-0.4, -0.2) is 31.7 Å². The summed E-state index contributed by atoms with van der Waals surface area (Å²) in [6.45, 7) is 3.53. The first kappa shape index (κ1) is 23.3. The van der Waals surface area contributed by atoms with Crippen LogP contribution < -0.4 is 10.1 Å². The zero-order chi connectivity index (χ0) is 23.9. The molecule has 0 saturated carbocycles. The third kappa shape index (κ3) is 5.71. The number of carbonyl (C=O) groups is 2. The van der Waals surface area contributed by atoms with Crippen LogP contribution in [0.4, 0.5) is 5.69 Å². The number of nitrogens with zero attached hydrogens (tertiary/aromatic N) is 3. The van der Waals surface area contributed by atoms with Gasteiger partial charge in [0.1, 0.15) is 12.4 Å². The minimum atomic E-state index is -0.462. The Labute approximate surface area is 202 Å². The summed E-state index contributed by atoms with van der Waals surface area (Å²) < 4.78 is 7.79. The predicted octanol–water partition coefficient (Wildman–Crippen LogP) is 5.17. The molecule has 1 amide bonds. The maximum absolute atomic E-state index is 12.9. The highest BCUT2D eigenvalue weighted by molar-refractivity contribution is 8.00. The van der Waals surface area contributed by atoms with Crippen molar-refractivity contribution in [2.24, 2.45) is 0 Å². The molecule has 1 unspecified atom stereocenters. The van der Waals surface area contributed by atoms with E-state index in [4.69, 9.17) is 4.74 Å². The van der Waals surface area contributed by atoms with Crippen molar-refractivity contribution in [3.8, 4) is 11.4 Å². The van der Waals surface area contributed by atoms with Gasteiger partial charge in [-0.2, -0.15) is 0 Å². The van der Waals surface area contributed by atoms with Gasteiger partial charge < -0.3 is 10.1 Å². The number of nitrogens with one attached hydrogen (secondary N) is 1. The molecule has 1 N–H and O–H groups in total. The number of thioether (sulfide) groups is 1. The summed E-state index contributed by atoms with van der Waals surface area (Å²) in [6.07, 6.45) is 0. The zero-order valence-electron chi connectivity index (χ0n) is 18.8. The second-order valence-electron chi connectivity index (χ2n) is 7.56. The van der Waals surface area contributed by atoms with Gasteiger partial charge in [-0.15, -0.1) is 10.2 Å². The first-order chi connectivity index (χ1) is 16.5. The number of carbonyl (C=O) groups excluding carboxylic acids is 2. The molecule has 4 rings (SSSR count). The highest BCUT2D eigenvalue weighted by Gasteiger charge is 2.21. The SMILES string of the molecule is CC(=O)c1cccc(NC(=O)C(C)Sc2nnc(COc3ccccc3)n2-c2ccccc2)c1. The van der Waals surface area contributed by atoms with Gasteiger partial charge in [0.2, 0.25) is 5.91 Å². The van der Waals surface area contributed by atoms with E-state index >= 15 is 0 Å². The van der Waals surface area contributed by atoms with Gasteiger partial charge >= 0.3 is 0 Å². The molecule has 1 aromatic heterocycles. The highest BCUT2D eigenvalue weighted by atomic mass is 32.2. The summed E-state index contributed by atoms with van der Waals surface area (Å²) in [6, 6.07) is 26.1. The van der Waals surface area contributed by atoms with Gasteiger partial charge in [0.05, 0.1) is 5.25 Å². The van der Waals surface area contributed by atoms with E-state index in [1.807, 2.05) is 65.2 Å². The third-order valence-corrected chi connectivity index (χ3v) is 6.06. The molecule has 0 saturated heterocycles. The summed E-state index contributed by atoms with van der Waals surface area (Å²) in [7, 11) is 0. The van der Waals surface area contributed by atoms with Crippen molar-refractivity contribution < 1.29 is 14.3 Å². The quantitative estimate of drug-likeness (QED) is 0.267. The minimum absolute atomic E-state index is 0.0558. The lowest BCUT2D eigenvalue weighted by Crippen LogP contribution is -2.23. The molecule has 0 radical (unpaired) electrons. The average molecular weight is 473 g/mol. The maximum atomic E-state index is 12.9. The lowest BCUT2D eigenvalue weighted by Gasteiger charge is -2.14. The predicted molar refractivity (Wildman–Crippen MR) is 133 cm³/mol. The summed E-state index contributed by atoms with van der Waals surface area (Å²) in [5.74, 6) is 1.11. The summed E-state index contributed by atoms with van der Waals surface area (Å²) in [5, 5.41) is 11.7. The Kier molecular flexibility index (Phi) is 7.39. The number of ether oxygens (including phenoxy) is 1. The standard InChI is InChI=1S/C26H24N4O3S/c1-18(31)20-10-9-11-21(16-20)27-25(32)19(2)34-26-29-28-24(17-33-23-14-7-4-8-15-23)30(26)22-12-5-3-6-13-22/h3-16,19H,17H2,1-2H3,(H,27,32). The number of ketones is 1. The number of benzene rings is 3. The summed E-state index contributed by atoms with van der Waals surface area (Å²) >= 11 is 1.30. The Morgan fingerprint density at radius 1 is 0.971 bits per heavy atom. The van der Waals surface area contributed by atoms with Crippen molar-refractivity contribution in [1.29, 1.82) is 0 Å². The van der Waals surface area contributed by atoms with Crippen LogP contribution in [0.15, 0.2) is 90.1 Å². The molecule has 0 aliphatic rings. The van der Waals surface area contributed by atoms with Crippen LogP contribution in [0.5, 0.6) is 5.75 Å². The van der Waals surface area contributed by atoms with Gasteiger partial charge in [-0.05, 0) is 50.2 Å². The largest absolute Gasteiger partial charge is 0.486 e. The molecule has 4 aromatic rings. The van der Waals surface area contributed by atoms with E-state index in [0.29, 0.717) is 22.2 Å². The van der Waals surface area contributed by atoms with E-state index in [0.717, 1.165) is 11.4 Å². The maximum Gasteiger partial charge on any atom is 0.237 e. The molecule has 1 atom stereocenters. The third-order valence-electron chi connectivity index (χ3n) is 5.01. The van der Waals surface area contributed by atoms with Crippen molar-refractivity contribution in [2.75, 3.05) is 5.32 Å². The van der Waals surface area contributed by atoms with Gasteiger partial charge in [0, 0.05) is 16.9 Å².